The first-order valence-electron chi connectivity index (χ1n) is 9.45. The fourth-order valence-electron chi connectivity index (χ4n) is 3.75. The zero-order chi connectivity index (χ0) is 18.8. The van der Waals surface area contributed by atoms with Crippen LogP contribution in [-0.4, -0.2) is 46.9 Å². The van der Waals surface area contributed by atoms with Gasteiger partial charge in [0.25, 0.3) is 0 Å². The highest BCUT2D eigenvalue weighted by molar-refractivity contribution is 5.93. The molecular formula is C20H25FN4O2. The van der Waals surface area contributed by atoms with Gasteiger partial charge in [0, 0.05) is 43.9 Å². The molecule has 1 aromatic heterocycles. The molecule has 0 unspecified atom stereocenters. The van der Waals surface area contributed by atoms with E-state index in [0.29, 0.717) is 18.7 Å². The van der Waals surface area contributed by atoms with Crippen molar-refractivity contribution in [2.75, 3.05) is 25.6 Å². The molecule has 0 radical (unpaired) electrons. The first-order valence-corrected chi connectivity index (χ1v) is 9.45. The Morgan fingerprint density at radius 1 is 1.37 bits per heavy atom. The van der Waals surface area contributed by atoms with Gasteiger partial charge in [0.15, 0.2) is 0 Å². The Bertz CT molecular complexity index is 805. The topological polar surface area (TPSA) is 59.4 Å². The number of aromatic nitrogens is 2. The number of hydrogen-bond donors (Lipinski definition) is 1. The van der Waals surface area contributed by atoms with E-state index in [1.807, 2.05) is 23.0 Å². The minimum Gasteiger partial charge on any atom is -0.383 e. The Hall–Kier alpha value is -2.25. The molecule has 6 nitrogen and oxygen atoms in total. The van der Waals surface area contributed by atoms with Gasteiger partial charge in [0.05, 0.1) is 24.5 Å². The molecule has 144 valence electrons. The third-order valence-corrected chi connectivity index (χ3v) is 5.39. The van der Waals surface area contributed by atoms with Crippen molar-refractivity contribution in [3.63, 3.8) is 0 Å². The molecule has 1 amide bonds. The monoisotopic (exact) mass is 372 g/mol. The number of carbonyl (C=O) groups excluding carboxylic acids is 1. The Labute approximate surface area is 158 Å². The number of ether oxygens (including phenoxy) is 1. The van der Waals surface area contributed by atoms with E-state index < -0.39 is 0 Å². The lowest BCUT2D eigenvalue weighted by molar-refractivity contribution is -0.117. The maximum atomic E-state index is 14.1. The molecule has 0 bridgehead atoms. The maximum Gasteiger partial charge on any atom is 0.227 e. The van der Waals surface area contributed by atoms with Gasteiger partial charge < -0.3 is 10.1 Å². The maximum absolute atomic E-state index is 14.1. The van der Waals surface area contributed by atoms with Crippen molar-refractivity contribution in [3.05, 3.63) is 48.0 Å². The average Bonchev–Trinajstić information content (AvgIpc) is 3.29. The minimum atomic E-state index is -0.179. The highest BCUT2D eigenvalue weighted by atomic mass is 19.1. The van der Waals surface area contributed by atoms with Gasteiger partial charge in [-0.05, 0) is 25.3 Å². The molecule has 2 fully saturated rings. The van der Waals surface area contributed by atoms with Crippen LogP contribution in [0.1, 0.15) is 30.9 Å². The fraction of sp³-hybridized carbons (Fsp3) is 0.500. The van der Waals surface area contributed by atoms with E-state index in [0.717, 1.165) is 31.5 Å². The summed E-state index contributed by atoms with van der Waals surface area (Å²) in [5.74, 6) is 0.0721. The van der Waals surface area contributed by atoms with E-state index in [2.05, 4.69) is 15.3 Å². The molecule has 1 aliphatic heterocycles. The minimum absolute atomic E-state index is 0.0828. The summed E-state index contributed by atoms with van der Waals surface area (Å²) >= 11 is 0. The molecule has 1 saturated heterocycles. The largest absolute Gasteiger partial charge is 0.383 e. The van der Waals surface area contributed by atoms with E-state index in [1.54, 1.807) is 19.4 Å². The lowest BCUT2D eigenvalue weighted by atomic mass is 10.1. The number of halogens is 1. The van der Waals surface area contributed by atoms with Gasteiger partial charge in [0.1, 0.15) is 5.82 Å². The third kappa shape index (κ3) is 4.20. The molecule has 2 aromatic rings. The molecule has 2 heterocycles. The number of anilines is 1. The van der Waals surface area contributed by atoms with E-state index in [1.165, 1.54) is 6.07 Å². The summed E-state index contributed by atoms with van der Waals surface area (Å²) < 4.78 is 21.3. The van der Waals surface area contributed by atoms with Crippen molar-refractivity contribution < 1.29 is 13.9 Å². The number of amides is 1. The molecule has 2 atom stereocenters. The van der Waals surface area contributed by atoms with Crippen molar-refractivity contribution in [3.8, 4) is 0 Å². The Morgan fingerprint density at radius 3 is 2.93 bits per heavy atom. The number of hydrogen-bond acceptors (Lipinski definition) is 4. The zero-order valence-corrected chi connectivity index (χ0v) is 15.5. The predicted molar refractivity (Wildman–Crippen MR) is 99.7 cm³/mol. The van der Waals surface area contributed by atoms with E-state index >= 15 is 0 Å². The molecule has 1 saturated carbocycles. The van der Waals surface area contributed by atoms with Crippen molar-refractivity contribution in [1.82, 2.24) is 14.7 Å². The SMILES string of the molecule is COC[C@@H]1C[C@H](n2cc(NC(=O)C3CC3)cn2)CN1Cc1ccccc1F. The molecule has 0 spiro atoms. The van der Waals surface area contributed by atoms with Crippen molar-refractivity contribution in [2.24, 2.45) is 5.92 Å². The Kier molecular flexibility index (Phi) is 5.22. The van der Waals surface area contributed by atoms with Crippen LogP contribution in [0.25, 0.3) is 0 Å². The second-order valence-corrected chi connectivity index (χ2v) is 7.49. The second kappa shape index (κ2) is 7.78. The fourth-order valence-corrected chi connectivity index (χ4v) is 3.75. The van der Waals surface area contributed by atoms with Crippen LogP contribution in [0.4, 0.5) is 10.1 Å². The summed E-state index contributed by atoms with van der Waals surface area (Å²) in [4.78, 5) is 14.2. The first kappa shape index (κ1) is 18.1. The molecular weight excluding hydrogens is 347 g/mol. The van der Waals surface area contributed by atoms with Crippen LogP contribution >= 0.6 is 0 Å². The lowest BCUT2D eigenvalue weighted by Gasteiger charge is -2.23. The number of benzene rings is 1. The molecule has 1 aliphatic carbocycles. The zero-order valence-electron chi connectivity index (χ0n) is 15.5. The molecule has 4 rings (SSSR count). The van der Waals surface area contributed by atoms with Gasteiger partial charge in [0.2, 0.25) is 5.91 Å². The summed E-state index contributed by atoms with van der Waals surface area (Å²) in [6, 6.07) is 7.26. The van der Waals surface area contributed by atoms with Crippen LogP contribution in [0.2, 0.25) is 0 Å². The standard InChI is InChI=1S/C20H25FN4O2/c1-27-13-18-8-17(12-24(18)10-15-4-2-3-5-19(15)21)25-11-16(9-22-25)23-20(26)14-6-7-14/h2-5,9,11,14,17-18H,6-8,10,12-13H2,1H3,(H,23,26)/t17-,18-/m0/s1. The molecule has 27 heavy (non-hydrogen) atoms. The van der Waals surface area contributed by atoms with Crippen molar-refractivity contribution >= 4 is 11.6 Å². The summed E-state index contributed by atoms with van der Waals surface area (Å²) in [6.07, 6.45) is 6.42. The number of nitrogens with one attached hydrogen (secondary N) is 1. The van der Waals surface area contributed by atoms with Gasteiger partial charge in [-0.15, -0.1) is 0 Å². The highest BCUT2D eigenvalue weighted by Crippen LogP contribution is 2.32. The average molecular weight is 372 g/mol. The van der Waals surface area contributed by atoms with Crippen LogP contribution in [0.3, 0.4) is 0 Å². The number of rotatable bonds is 7. The molecule has 2 aliphatic rings. The van der Waals surface area contributed by atoms with Crippen LogP contribution in [0, 0.1) is 11.7 Å². The predicted octanol–water partition coefficient (Wildman–Crippen LogP) is 2.83. The summed E-state index contributed by atoms with van der Waals surface area (Å²) in [5.41, 5.74) is 1.43. The van der Waals surface area contributed by atoms with Crippen LogP contribution < -0.4 is 5.32 Å². The number of methoxy groups -OCH3 is 1. The highest BCUT2D eigenvalue weighted by Gasteiger charge is 2.34. The first-order chi connectivity index (χ1) is 13.1. The molecule has 7 heteroatoms. The van der Waals surface area contributed by atoms with Gasteiger partial charge >= 0.3 is 0 Å². The Morgan fingerprint density at radius 2 is 2.19 bits per heavy atom. The molecule has 1 N–H and O–H groups in total. The van der Waals surface area contributed by atoms with Crippen LogP contribution in [0.15, 0.2) is 36.7 Å². The second-order valence-electron chi connectivity index (χ2n) is 7.49. The number of nitrogens with zero attached hydrogens (tertiary/aromatic N) is 3. The van der Waals surface area contributed by atoms with Gasteiger partial charge in [-0.25, -0.2) is 4.39 Å². The molecule has 1 aromatic carbocycles. The van der Waals surface area contributed by atoms with Gasteiger partial charge in [-0.2, -0.15) is 5.10 Å². The van der Waals surface area contributed by atoms with E-state index in [9.17, 15) is 9.18 Å². The van der Waals surface area contributed by atoms with Gasteiger partial charge in [-0.3, -0.25) is 14.4 Å². The summed E-state index contributed by atoms with van der Waals surface area (Å²) in [5, 5.41) is 7.38. The summed E-state index contributed by atoms with van der Waals surface area (Å²) in [6.45, 7) is 1.90. The smallest absolute Gasteiger partial charge is 0.227 e. The van der Waals surface area contributed by atoms with Crippen LogP contribution in [0.5, 0.6) is 0 Å². The van der Waals surface area contributed by atoms with Gasteiger partial charge in [-0.1, -0.05) is 18.2 Å². The van der Waals surface area contributed by atoms with Crippen molar-refractivity contribution in [2.45, 2.75) is 37.9 Å². The van der Waals surface area contributed by atoms with E-state index in [-0.39, 0.29) is 29.7 Å². The number of carbonyl (C=O) groups is 1. The Balaban J connectivity index is 1.44. The van der Waals surface area contributed by atoms with Crippen LogP contribution in [-0.2, 0) is 16.1 Å². The normalized spacial score (nSPS) is 22.9. The summed E-state index contributed by atoms with van der Waals surface area (Å²) in [7, 11) is 1.69. The van der Waals surface area contributed by atoms with E-state index in [4.69, 9.17) is 4.74 Å². The number of likely N-dealkylation sites (tertiary alicyclic amines) is 1. The van der Waals surface area contributed by atoms with Crippen molar-refractivity contribution in [1.29, 1.82) is 0 Å². The lowest BCUT2D eigenvalue weighted by Crippen LogP contribution is -2.32. The quantitative estimate of drug-likeness (QED) is 0.812. The third-order valence-electron chi connectivity index (χ3n) is 5.39.